The van der Waals surface area contributed by atoms with E-state index in [1.165, 1.54) is 6.20 Å². The molecular formula is C12H14N4O2S. The van der Waals surface area contributed by atoms with Crippen molar-refractivity contribution in [2.45, 2.75) is 19.8 Å². The molecule has 2 aromatic heterocycles. The van der Waals surface area contributed by atoms with Crippen LogP contribution in [0.1, 0.15) is 34.0 Å². The predicted molar refractivity (Wildman–Crippen MR) is 72.5 cm³/mol. The van der Waals surface area contributed by atoms with Crippen molar-refractivity contribution in [2.75, 3.05) is 6.54 Å². The van der Waals surface area contributed by atoms with Crippen LogP contribution >= 0.6 is 11.3 Å². The fraction of sp³-hybridized carbons (Fsp3) is 0.333. The van der Waals surface area contributed by atoms with Crippen LogP contribution in [-0.2, 0) is 0 Å². The topological polar surface area (TPSA) is 87.7 Å². The summed E-state index contributed by atoms with van der Waals surface area (Å²) in [6, 6.07) is 0. The predicted octanol–water partition coefficient (Wildman–Crippen LogP) is 1.07. The van der Waals surface area contributed by atoms with Gasteiger partial charge in [-0.15, -0.1) is 11.3 Å². The lowest BCUT2D eigenvalue weighted by Gasteiger charge is -2.09. The van der Waals surface area contributed by atoms with Crippen LogP contribution in [0.15, 0.2) is 22.6 Å². The Morgan fingerprint density at radius 3 is 2.95 bits per heavy atom. The van der Waals surface area contributed by atoms with Crippen LogP contribution in [0.3, 0.4) is 0 Å². The number of nitrogens with one attached hydrogen (secondary N) is 2. The SMILES string of the molecule is Cc1csc([C@@H](C)CNC(=O)c2cncc(=O)[nH]2)n1. The molecule has 0 spiro atoms. The number of H-pyrrole nitrogens is 1. The zero-order chi connectivity index (χ0) is 13.8. The number of carbonyl (C=O) groups excluding carboxylic acids is 1. The lowest BCUT2D eigenvalue weighted by atomic mass is 10.2. The van der Waals surface area contributed by atoms with Gasteiger partial charge in [-0.25, -0.2) is 4.98 Å². The quantitative estimate of drug-likeness (QED) is 0.875. The number of carbonyl (C=O) groups is 1. The van der Waals surface area contributed by atoms with Gasteiger partial charge < -0.3 is 10.3 Å². The van der Waals surface area contributed by atoms with E-state index >= 15 is 0 Å². The Bertz CT molecular complexity index is 634. The fourth-order valence-electron chi connectivity index (χ4n) is 1.52. The number of hydrogen-bond donors (Lipinski definition) is 2. The molecular weight excluding hydrogens is 264 g/mol. The monoisotopic (exact) mass is 278 g/mol. The van der Waals surface area contributed by atoms with Crippen LogP contribution in [0.25, 0.3) is 0 Å². The lowest BCUT2D eigenvalue weighted by molar-refractivity contribution is 0.0946. The molecule has 1 amide bonds. The molecule has 0 unspecified atom stereocenters. The van der Waals surface area contributed by atoms with Crippen LogP contribution in [0.5, 0.6) is 0 Å². The molecule has 7 heteroatoms. The van der Waals surface area contributed by atoms with E-state index in [0.29, 0.717) is 6.54 Å². The van der Waals surface area contributed by atoms with Gasteiger partial charge in [-0.3, -0.25) is 14.6 Å². The summed E-state index contributed by atoms with van der Waals surface area (Å²) in [7, 11) is 0. The van der Waals surface area contributed by atoms with Gasteiger partial charge in [0.1, 0.15) is 5.69 Å². The molecule has 0 radical (unpaired) electrons. The zero-order valence-electron chi connectivity index (χ0n) is 10.6. The first-order chi connectivity index (χ1) is 9.06. The number of rotatable bonds is 4. The summed E-state index contributed by atoms with van der Waals surface area (Å²) in [5.41, 5.74) is 0.751. The first-order valence-corrected chi connectivity index (χ1v) is 6.69. The molecule has 2 heterocycles. The minimum Gasteiger partial charge on any atom is -0.350 e. The van der Waals surface area contributed by atoms with E-state index in [9.17, 15) is 9.59 Å². The molecule has 2 aromatic rings. The Morgan fingerprint density at radius 1 is 1.53 bits per heavy atom. The second kappa shape index (κ2) is 5.75. The Morgan fingerprint density at radius 2 is 2.32 bits per heavy atom. The molecule has 2 N–H and O–H groups in total. The van der Waals surface area contributed by atoms with Crippen molar-refractivity contribution < 1.29 is 4.79 Å². The van der Waals surface area contributed by atoms with Crippen LogP contribution in [0, 0.1) is 6.92 Å². The molecule has 2 rings (SSSR count). The van der Waals surface area contributed by atoms with Gasteiger partial charge in [0.15, 0.2) is 0 Å². The van der Waals surface area contributed by atoms with Crippen LogP contribution < -0.4 is 10.9 Å². The fourth-order valence-corrected chi connectivity index (χ4v) is 2.38. The van der Waals surface area contributed by atoms with Crippen molar-refractivity contribution in [1.29, 1.82) is 0 Å². The van der Waals surface area contributed by atoms with Crippen LogP contribution in [0.2, 0.25) is 0 Å². The summed E-state index contributed by atoms with van der Waals surface area (Å²) >= 11 is 1.58. The third kappa shape index (κ3) is 3.47. The molecule has 0 bridgehead atoms. The van der Waals surface area contributed by atoms with Gasteiger partial charge in [0.2, 0.25) is 0 Å². The van der Waals surface area contributed by atoms with E-state index in [1.54, 1.807) is 11.3 Å². The van der Waals surface area contributed by atoms with Crippen molar-refractivity contribution in [3.05, 3.63) is 44.5 Å². The number of thiazole rings is 1. The molecule has 6 nitrogen and oxygen atoms in total. The molecule has 1 atom stereocenters. The van der Waals surface area contributed by atoms with Crippen molar-refractivity contribution in [1.82, 2.24) is 20.3 Å². The normalized spacial score (nSPS) is 12.1. The summed E-state index contributed by atoms with van der Waals surface area (Å²) in [4.78, 5) is 33.3. The second-order valence-electron chi connectivity index (χ2n) is 4.25. The van der Waals surface area contributed by atoms with Crippen molar-refractivity contribution in [2.24, 2.45) is 0 Å². The first kappa shape index (κ1) is 13.4. The molecule has 0 fully saturated rings. The maximum absolute atomic E-state index is 11.8. The van der Waals surface area contributed by atoms with E-state index < -0.39 is 5.56 Å². The zero-order valence-corrected chi connectivity index (χ0v) is 11.5. The van der Waals surface area contributed by atoms with E-state index in [4.69, 9.17) is 0 Å². The van der Waals surface area contributed by atoms with Crippen molar-refractivity contribution in [3.63, 3.8) is 0 Å². The first-order valence-electron chi connectivity index (χ1n) is 5.81. The number of nitrogens with zero attached hydrogens (tertiary/aromatic N) is 2. The largest absolute Gasteiger partial charge is 0.350 e. The number of aromatic nitrogens is 3. The number of aromatic amines is 1. The molecule has 0 aromatic carbocycles. The Labute approximate surface area is 113 Å². The van der Waals surface area contributed by atoms with E-state index in [2.05, 4.69) is 20.3 Å². The average molecular weight is 278 g/mol. The summed E-state index contributed by atoms with van der Waals surface area (Å²) in [5, 5.41) is 5.71. The maximum atomic E-state index is 11.8. The van der Waals surface area contributed by atoms with Gasteiger partial charge in [0.25, 0.3) is 11.5 Å². The van der Waals surface area contributed by atoms with Gasteiger partial charge in [-0.1, -0.05) is 6.92 Å². The molecule has 19 heavy (non-hydrogen) atoms. The smallest absolute Gasteiger partial charge is 0.269 e. The Kier molecular flexibility index (Phi) is 4.06. The van der Waals surface area contributed by atoms with Gasteiger partial charge in [-0.2, -0.15) is 0 Å². The Hall–Kier alpha value is -2.02. The van der Waals surface area contributed by atoms with Gasteiger partial charge in [0, 0.05) is 23.5 Å². The van der Waals surface area contributed by atoms with Crippen molar-refractivity contribution >= 4 is 17.2 Å². The second-order valence-corrected chi connectivity index (χ2v) is 5.14. The van der Waals surface area contributed by atoms with E-state index in [-0.39, 0.29) is 17.5 Å². The Balaban J connectivity index is 1.95. The van der Waals surface area contributed by atoms with Crippen LogP contribution in [-0.4, -0.2) is 27.4 Å². The average Bonchev–Trinajstić information content (AvgIpc) is 2.82. The summed E-state index contributed by atoms with van der Waals surface area (Å²) in [5.74, 6) is -0.212. The lowest BCUT2D eigenvalue weighted by Crippen LogP contribution is -2.29. The highest BCUT2D eigenvalue weighted by molar-refractivity contribution is 7.09. The number of hydrogen-bond acceptors (Lipinski definition) is 5. The summed E-state index contributed by atoms with van der Waals surface area (Å²) < 4.78 is 0. The molecule has 0 aliphatic heterocycles. The summed E-state index contributed by atoms with van der Waals surface area (Å²) in [6.07, 6.45) is 2.45. The van der Waals surface area contributed by atoms with E-state index in [0.717, 1.165) is 16.9 Å². The number of amides is 1. The van der Waals surface area contributed by atoms with Crippen LogP contribution in [0.4, 0.5) is 0 Å². The molecule has 100 valence electrons. The summed E-state index contributed by atoms with van der Waals surface area (Å²) in [6.45, 7) is 4.39. The third-order valence-electron chi connectivity index (χ3n) is 2.53. The third-order valence-corrected chi connectivity index (χ3v) is 3.72. The number of aryl methyl sites for hydroxylation is 1. The van der Waals surface area contributed by atoms with Gasteiger partial charge >= 0.3 is 0 Å². The molecule has 0 aliphatic rings. The van der Waals surface area contributed by atoms with Crippen molar-refractivity contribution in [3.8, 4) is 0 Å². The van der Waals surface area contributed by atoms with Gasteiger partial charge in [0.05, 0.1) is 17.4 Å². The highest BCUT2D eigenvalue weighted by Crippen LogP contribution is 2.18. The van der Waals surface area contributed by atoms with E-state index in [1.807, 2.05) is 19.2 Å². The van der Waals surface area contributed by atoms with Gasteiger partial charge in [-0.05, 0) is 6.92 Å². The maximum Gasteiger partial charge on any atom is 0.269 e. The standard InChI is InChI=1S/C12H14N4O2S/c1-7(12-15-8(2)6-19-12)3-14-11(18)9-4-13-5-10(17)16-9/h4-7H,3H2,1-2H3,(H,14,18)(H,16,17)/t7-/m0/s1. The minimum absolute atomic E-state index is 0.131. The molecule has 0 aliphatic carbocycles. The molecule has 0 saturated carbocycles. The highest BCUT2D eigenvalue weighted by atomic mass is 32.1. The highest BCUT2D eigenvalue weighted by Gasteiger charge is 2.12. The molecule has 0 saturated heterocycles. The minimum atomic E-state index is -0.392.